The summed E-state index contributed by atoms with van der Waals surface area (Å²) in [7, 11) is 0. The Hall–Kier alpha value is -2.24. The van der Waals surface area contributed by atoms with Crippen molar-refractivity contribution in [3.63, 3.8) is 0 Å². The molecule has 2 saturated heterocycles. The first-order chi connectivity index (χ1) is 14.4. The number of hydrogen-bond acceptors (Lipinski definition) is 5. The van der Waals surface area contributed by atoms with Crippen LogP contribution >= 0.6 is 0 Å². The Morgan fingerprint density at radius 3 is 1.40 bits per heavy atom. The van der Waals surface area contributed by atoms with Crippen molar-refractivity contribution in [3.8, 4) is 23.0 Å². The normalized spacial score (nSPS) is 20.9. The van der Waals surface area contributed by atoms with E-state index >= 15 is 0 Å². The van der Waals surface area contributed by atoms with E-state index in [2.05, 4.69) is 41.5 Å². The summed E-state index contributed by atoms with van der Waals surface area (Å²) < 4.78 is 29.6. The Morgan fingerprint density at radius 2 is 1.03 bits per heavy atom. The van der Waals surface area contributed by atoms with E-state index in [0.717, 1.165) is 76.0 Å². The van der Waals surface area contributed by atoms with E-state index in [9.17, 15) is 0 Å². The van der Waals surface area contributed by atoms with Crippen molar-refractivity contribution in [1.82, 2.24) is 0 Å². The summed E-state index contributed by atoms with van der Waals surface area (Å²) in [6, 6.07) is 0. The van der Waals surface area contributed by atoms with Crippen LogP contribution in [0.4, 0.5) is 0 Å². The van der Waals surface area contributed by atoms with Crippen molar-refractivity contribution in [3.05, 3.63) is 44.5 Å². The third-order valence-electron chi connectivity index (χ3n) is 6.81. The highest BCUT2D eigenvalue weighted by Crippen LogP contribution is 2.49. The maximum Gasteiger partial charge on any atom is 0.134 e. The Labute approximate surface area is 178 Å². The molecule has 3 aliphatic rings. The van der Waals surface area contributed by atoms with Gasteiger partial charge in [-0.1, -0.05) is 0 Å². The standard InChI is InChI=1S/C25H30O5/c1-12-14(3)24-20(16(5)22(12)28-10-18-8-26-18)7-21-17(6)23(29-11-19-9-27-19)13(2)15(4)25(21)30-24/h18-19H,7-11H2,1-6H3. The first kappa shape index (κ1) is 19.7. The maximum atomic E-state index is 6.59. The molecule has 0 radical (unpaired) electrons. The van der Waals surface area contributed by atoms with Gasteiger partial charge in [0, 0.05) is 17.5 Å². The predicted octanol–water partition coefficient (Wildman–Crippen LogP) is 4.79. The molecule has 0 N–H and O–H groups in total. The number of ether oxygens (including phenoxy) is 5. The van der Waals surface area contributed by atoms with Crippen molar-refractivity contribution >= 4 is 0 Å². The van der Waals surface area contributed by atoms with Crippen molar-refractivity contribution in [2.24, 2.45) is 0 Å². The summed E-state index contributed by atoms with van der Waals surface area (Å²) in [5.74, 6) is 3.90. The quantitative estimate of drug-likeness (QED) is 0.547. The van der Waals surface area contributed by atoms with Crippen LogP contribution < -0.4 is 14.2 Å². The Bertz CT molecular complexity index is 950. The fourth-order valence-corrected chi connectivity index (χ4v) is 4.41. The highest BCUT2D eigenvalue weighted by atomic mass is 16.6. The van der Waals surface area contributed by atoms with Crippen molar-refractivity contribution in [1.29, 1.82) is 0 Å². The summed E-state index contributed by atoms with van der Waals surface area (Å²) in [5.41, 5.74) is 9.32. The molecule has 0 aliphatic carbocycles. The number of epoxide rings is 2. The van der Waals surface area contributed by atoms with Gasteiger partial charge in [-0.25, -0.2) is 0 Å². The maximum absolute atomic E-state index is 6.59. The van der Waals surface area contributed by atoms with Crippen molar-refractivity contribution < 1.29 is 23.7 Å². The smallest absolute Gasteiger partial charge is 0.134 e. The van der Waals surface area contributed by atoms with Crippen molar-refractivity contribution in [2.75, 3.05) is 26.4 Å². The van der Waals surface area contributed by atoms with Gasteiger partial charge in [-0.05, 0) is 74.9 Å². The fourth-order valence-electron chi connectivity index (χ4n) is 4.41. The Balaban J connectivity index is 1.55. The second-order valence-corrected chi connectivity index (χ2v) is 8.84. The molecule has 30 heavy (non-hydrogen) atoms. The predicted molar refractivity (Wildman–Crippen MR) is 115 cm³/mol. The van der Waals surface area contributed by atoms with Gasteiger partial charge in [0.2, 0.25) is 0 Å². The van der Waals surface area contributed by atoms with E-state index in [0.29, 0.717) is 13.2 Å². The second-order valence-electron chi connectivity index (χ2n) is 8.84. The molecule has 2 aromatic rings. The number of benzene rings is 2. The first-order valence-corrected chi connectivity index (χ1v) is 10.8. The average Bonchev–Trinajstić information content (AvgIpc) is 3.64. The zero-order valence-electron chi connectivity index (χ0n) is 18.7. The molecule has 3 heterocycles. The molecule has 0 aromatic heterocycles. The molecule has 0 amide bonds. The molecule has 5 rings (SSSR count). The number of fused-ring (bicyclic) bond motifs is 2. The van der Waals surface area contributed by atoms with E-state index in [4.69, 9.17) is 23.7 Å². The molecular formula is C25H30O5. The minimum absolute atomic E-state index is 0.236. The van der Waals surface area contributed by atoms with E-state index in [1.807, 2.05) is 0 Å². The summed E-state index contributed by atoms with van der Waals surface area (Å²) >= 11 is 0. The molecule has 160 valence electrons. The molecule has 2 atom stereocenters. The zero-order chi connectivity index (χ0) is 21.2. The van der Waals surface area contributed by atoms with Crippen LogP contribution in [0, 0.1) is 41.5 Å². The van der Waals surface area contributed by atoms with Crippen LogP contribution in [-0.2, 0) is 15.9 Å². The largest absolute Gasteiger partial charge is 0.490 e. The average molecular weight is 411 g/mol. The Morgan fingerprint density at radius 1 is 0.633 bits per heavy atom. The van der Waals surface area contributed by atoms with Gasteiger partial charge in [0.25, 0.3) is 0 Å². The topological polar surface area (TPSA) is 52.8 Å². The molecular weight excluding hydrogens is 380 g/mol. The minimum atomic E-state index is 0.236. The summed E-state index contributed by atoms with van der Waals surface area (Å²) in [4.78, 5) is 0. The number of hydrogen-bond donors (Lipinski definition) is 0. The lowest BCUT2D eigenvalue weighted by Crippen LogP contribution is -2.15. The molecule has 5 heteroatoms. The van der Waals surface area contributed by atoms with Crippen LogP contribution in [0.5, 0.6) is 23.0 Å². The second kappa shape index (κ2) is 7.17. The van der Waals surface area contributed by atoms with Crippen LogP contribution in [0.25, 0.3) is 0 Å². The van der Waals surface area contributed by atoms with Crippen LogP contribution in [0.2, 0.25) is 0 Å². The van der Waals surface area contributed by atoms with Crippen LogP contribution in [0.15, 0.2) is 0 Å². The fraction of sp³-hybridized carbons (Fsp3) is 0.520. The Kier molecular flexibility index (Phi) is 4.71. The molecule has 2 unspecified atom stereocenters. The minimum Gasteiger partial charge on any atom is -0.490 e. The van der Waals surface area contributed by atoms with Gasteiger partial charge < -0.3 is 23.7 Å². The highest BCUT2D eigenvalue weighted by molar-refractivity contribution is 5.67. The number of rotatable bonds is 6. The lowest BCUT2D eigenvalue weighted by Gasteiger charge is -2.30. The lowest BCUT2D eigenvalue weighted by atomic mass is 9.87. The zero-order valence-corrected chi connectivity index (χ0v) is 18.7. The van der Waals surface area contributed by atoms with Gasteiger partial charge in [-0.15, -0.1) is 0 Å². The van der Waals surface area contributed by atoms with Gasteiger partial charge >= 0.3 is 0 Å². The highest BCUT2D eigenvalue weighted by Gasteiger charge is 2.31. The molecule has 3 aliphatic heterocycles. The van der Waals surface area contributed by atoms with E-state index in [-0.39, 0.29) is 12.2 Å². The summed E-state index contributed by atoms with van der Waals surface area (Å²) in [6.07, 6.45) is 1.29. The molecule has 2 aromatic carbocycles. The lowest BCUT2D eigenvalue weighted by molar-refractivity contribution is 0.259. The van der Waals surface area contributed by atoms with E-state index in [1.54, 1.807) is 0 Å². The third-order valence-corrected chi connectivity index (χ3v) is 6.81. The van der Waals surface area contributed by atoms with Crippen molar-refractivity contribution in [2.45, 2.75) is 60.2 Å². The van der Waals surface area contributed by atoms with Crippen LogP contribution in [-0.4, -0.2) is 38.6 Å². The monoisotopic (exact) mass is 410 g/mol. The summed E-state index contributed by atoms with van der Waals surface area (Å²) in [5, 5.41) is 0. The van der Waals surface area contributed by atoms with Gasteiger partial charge in [0.1, 0.15) is 48.4 Å². The molecule has 2 fully saturated rings. The van der Waals surface area contributed by atoms with Gasteiger partial charge in [0.05, 0.1) is 13.2 Å². The molecule has 0 spiro atoms. The first-order valence-electron chi connectivity index (χ1n) is 10.8. The van der Waals surface area contributed by atoms with Gasteiger partial charge in [-0.3, -0.25) is 0 Å². The van der Waals surface area contributed by atoms with Gasteiger partial charge in [-0.2, -0.15) is 0 Å². The SMILES string of the molecule is Cc1c(C)c2c(c(C)c1OCC1CO1)Cc1c(C)c(OCC3CO3)c(C)c(C)c1O2. The molecule has 0 bridgehead atoms. The van der Waals surface area contributed by atoms with Gasteiger partial charge in [0.15, 0.2) is 0 Å². The van der Waals surface area contributed by atoms with E-state index in [1.165, 1.54) is 11.1 Å². The summed E-state index contributed by atoms with van der Waals surface area (Å²) in [6.45, 7) is 15.6. The molecule has 0 saturated carbocycles. The van der Waals surface area contributed by atoms with Crippen LogP contribution in [0.1, 0.15) is 44.5 Å². The molecule has 5 nitrogen and oxygen atoms in total. The van der Waals surface area contributed by atoms with Crippen LogP contribution in [0.3, 0.4) is 0 Å². The third kappa shape index (κ3) is 3.25. The van der Waals surface area contributed by atoms with E-state index < -0.39 is 0 Å².